The summed E-state index contributed by atoms with van der Waals surface area (Å²) in [6.45, 7) is 6.63. The molecule has 1 N–H and O–H groups in total. The molecule has 1 aromatic carbocycles. The maximum Gasteiger partial charge on any atom is 0.107 e. The van der Waals surface area contributed by atoms with Crippen LogP contribution in [0.1, 0.15) is 120 Å². The molecule has 0 fully saturated rings. The van der Waals surface area contributed by atoms with Gasteiger partial charge in [-0.2, -0.15) is 0 Å². The van der Waals surface area contributed by atoms with Crippen LogP contribution in [0.15, 0.2) is 12.1 Å². The molecular formula is C26H44N2. The van der Waals surface area contributed by atoms with Gasteiger partial charge in [-0.3, -0.25) is 0 Å². The molecule has 0 amide bonds. The molecule has 1 heterocycles. The Balaban J connectivity index is 1.42. The topological polar surface area (TPSA) is 28.7 Å². The van der Waals surface area contributed by atoms with Gasteiger partial charge in [-0.1, -0.05) is 103 Å². The van der Waals surface area contributed by atoms with Crippen LogP contribution in [0.5, 0.6) is 0 Å². The van der Waals surface area contributed by atoms with Crippen molar-refractivity contribution in [3.05, 3.63) is 29.1 Å². The molecule has 2 aromatic rings. The smallest absolute Gasteiger partial charge is 0.107 e. The van der Waals surface area contributed by atoms with Crippen LogP contribution in [-0.2, 0) is 6.42 Å². The molecule has 0 unspecified atom stereocenters. The van der Waals surface area contributed by atoms with Crippen LogP contribution < -0.4 is 0 Å². The van der Waals surface area contributed by atoms with Crippen molar-refractivity contribution in [2.45, 2.75) is 124 Å². The van der Waals surface area contributed by atoms with Gasteiger partial charge in [0, 0.05) is 6.42 Å². The molecule has 0 aliphatic heterocycles. The Morgan fingerprint density at radius 1 is 0.679 bits per heavy atom. The number of hydrogen-bond donors (Lipinski definition) is 1. The highest BCUT2D eigenvalue weighted by molar-refractivity contribution is 5.79. The number of nitrogens with zero attached hydrogens (tertiary/aromatic N) is 1. The number of nitrogens with one attached hydrogen (secondary N) is 1. The third-order valence-corrected chi connectivity index (χ3v) is 6.24. The highest BCUT2D eigenvalue weighted by Crippen LogP contribution is 2.20. The van der Waals surface area contributed by atoms with Crippen molar-refractivity contribution in [2.75, 3.05) is 0 Å². The van der Waals surface area contributed by atoms with Crippen LogP contribution in [-0.4, -0.2) is 9.97 Å². The summed E-state index contributed by atoms with van der Waals surface area (Å²) in [7, 11) is 0. The Hall–Kier alpha value is -1.31. The Bertz CT molecular complexity index is 656. The fraction of sp³-hybridized carbons (Fsp3) is 0.731. The number of aromatic nitrogens is 2. The lowest BCUT2D eigenvalue weighted by atomic mass is 10.0. The molecule has 0 bridgehead atoms. The van der Waals surface area contributed by atoms with Crippen molar-refractivity contribution < 1.29 is 0 Å². The molecule has 0 radical (unpaired) electrons. The van der Waals surface area contributed by atoms with E-state index in [1.807, 2.05) is 0 Å². The number of H-pyrrole nitrogens is 1. The van der Waals surface area contributed by atoms with E-state index in [0.29, 0.717) is 0 Å². The maximum absolute atomic E-state index is 4.82. The lowest BCUT2D eigenvalue weighted by molar-refractivity contribution is 0.531. The van der Waals surface area contributed by atoms with E-state index < -0.39 is 0 Å². The van der Waals surface area contributed by atoms with Gasteiger partial charge < -0.3 is 4.98 Å². The lowest BCUT2D eigenvalue weighted by Crippen LogP contribution is -1.89. The molecule has 2 rings (SSSR count). The van der Waals surface area contributed by atoms with Crippen LogP contribution in [0.4, 0.5) is 0 Å². The van der Waals surface area contributed by atoms with Crippen LogP contribution in [0.3, 0.4) is 0 Å². The summed E-state index contributed by atoms with van der Waals surface area (Å²) in [5.41, 5.74) is 5.00. The zero-order chi connectivity index (χ0) is 20.0. The zero-order valence-electron chi connectivity index (χ0n) is 18.9. The van der Waals surface area contributed by atoms with Gasteiger partial charge in [0.1, 0.15) is 5.82 Å². The summed E-state index contributed by atoms with van der Waals surface area (Å²) < 4.78 is 0. The number of hydrogen-bond acceptors (Lipinski definition) is 1. The van der Waals surface area contributed by atoms with Gasteiger partial charge >= 0.3 is 0 Å². The number of fused-ring (bicyclic) bond motifs is 1. The van der Waals surface area contributed by atoms with Gasteiger partial charge in [-0.15, -0.1) is 0 Å². The van der Waals surface area contributed by atoms with Crippen LogP contribution in [0.2, 0.25) is 0 Å². The Morgan fingerprint density at radius 2 is 1.18 bits per heavy atom. The second-order valence-corrected chi connectivity index (χ2v) is 8.79. The van der Waals surface area contributed by atoms with Crippen molar-refractivity contribution >= 4 is 11.0 Å². The summed E-state index contributed by atoms with van der Waals surface area (Å²) >= 11 is 0. The van der Waals surface area contributed by atoms with Gasteiger partial charge in [-0.05, 0) is 37.5 Å². The number of unbranched alkanes of at least 4 members (excludes halogenated alkanes) is 14. The molecule has 2 nitrogen and oxygen atoms in total. The second-order valence-electron chi connectivity index (χ2n) is 8.79. The fourth-order valence-electron chi connectivity index (χ4n) is 4.15. The zero-order valence-corrected chi connectivity index (χ0v) is 18.9. The number of imidazole rings is 1. The Morgan fingerprint density at radius 3 is 1.71 bits per heavy atom. The van der Waals surface area contributed by atoms with E-state index in [9.17, 15) is 0 Å². The molecule has 0 spiro atoms. The van der Waals surface area contributed by atoms with Crippen molar-refractivity contribution in [3.8, 4) is 0 Å². The molecular weight excluding hydrogens is 340 g/mol. The predicted molar refractivity (Wildman–Crippen MR) is 124 cm³/mol. The normalized spacial score (nSPS) is 11.5. The molecule has 28 heavy (non-hydrogen) atoms. The van der Waals surface area contributed by atoms with Gasteiger partial charge in [-0.25, -0.2) is 4.98 Å². The SMILES string of the molecule is CCCCCCCCCCCCCCCCCc1nc2c(C)c(C)ccc2[nH]1. The molecule has 0 saturated carbocycles. The molecule has 2 heteroatoms. The second kappa shape index (κ2) is 13.8. The third-order valence-electron chi connectivity index (χ3n) is 6.24. The van der Waals surface area contributed by atoms with Crippen LogP contribution >= 0.6 is 0 Å². The molecule has 0 saturated heterocycles. The fourth-order valence-corrected chi connectivity index (χ4v) is 4.15. The number of benzene rings is 1. The summed E-state index contributed by atoms with van der Waals surface area (Å²) in [6, 6.07) is 4.36. The van der Waals surface area contributed by atoms with Crippen LogP contribution in [0, 0.1) is 13.8 Å². The first-order valence-corrected chi connectivity index (χ1v) is 12.2. The number of aryl methyl sites for hydroxylation is 3. The largest absolute Gasteiger partial charge is 0.342 e. The van der Waals surface area contributed by atoms with Crippen molar-refractivity contribution in [1.82, 2.24) is 9.97 Å². The molecule has 0 aliphatic rings. The summed E-state index contributed by atoms with van der Waals surface area (Å²) in [5, 5.41) is 0. The minimum atomic E-state index is 1.09. The number of aromatic amines is 1. The first-order chi connectivity index (χ1) is 13.7. The number of rotatable bonds is 16. The average molecular weight is 385 g/mol. The van der Waals surface area contributed by atoms with Crippen molar-refractivity contribution in [3.63, 3.8) is 0 Å². The standard InChI is InChI=1S/C26H44N2/c1-4-5-6-7-8-9-10-11-12-13-14-15-16-17-18-19-25-27-24-21-20-22(2)23(3)26(24)28-25/h20-21H,4-19H2,1-3H3,(H,27,28). The minimum absolute atomic E-state index is 1.09. The van der Waals surface area contributed by atoms with Crippen LogP contribution in [0.25, 0.3) is 11.0 Å². The first kappa shape index (κ1) is 23.0. The maximum atomic E-state index is 4.82. The van der Waals surface area contributed by atoms with Gasteiger partial charge in [0.2, 0.25) is 0 Å². The van der Waals surface area contributed by atoms with E-state index in [2.05, 4.69) is 37.9 Å². The van der Waals surface area contributed by atoms with Crippen molar-refractivity contribution in [2.24, 2.45) is 0 Å². The third kappa shape index (κ3) is 8.37. The van der Waals surface area contributed by atoms with E-state index in [1.165, 1.54) is 119 Å². The molecule has 0 atom stereocenters. The lowest BCUT2D eigenvalue weighted by Gasteiger charge is -2.03. The average Bonchev–Trinajstić information content (AvgIpc) is 3.11. The van der Waals surface area contributed by atoms with E-state index in [-0.39, 0.29) is 0 Å². The summed E-state index contributed by atoms with van der Waals surface area (Å²) in [6.07, 6.45) is 22.4. The summed E-state index contributed by atoms with van der Waals surface area (Å²) in [4.78, 5) is 8.32. The van der Waals surface area contributed by atoms with E-state index in [4.69, 9.17) is 4.98 Å². The van der Waals surface area contributed by atoms with Gasteiger partial charge in [0.15, 0.2) is 0 Å². The Kier molecular flexibility index (Phi) is 11.3. The first-order valence-electron chi connectivity index (χ1n) is 12.2. The summed E-state index contributed by atoms with van der Waals surface area (Å²) in [5.74, 6) is 1.17. The van der Waals surface area contributed by atoms with E-state index >= 15 is 0 Å². The van der Waals surface area contributed by atoms with E-state index in [0.717, 1.165) is 11.9 Å². The van der Waals surface area contributed by atoms with E-state index in [1.54, 1.807) is 0 Å². The monoisotopic (exact) mass is 384 g/mol. The highest BCUT2D eigenvalue weighted by Gasteiger charge is 2.06. The molecule has 0 aliphatic carbocycles. The quantitative estimate of drug-likeness (QED) is 0.288. The predicted octanol–water partition coefficient (Wildman–Crippen LogP) is 8.59. The highest BCUT2D eigenvalue weighted by atomic mass is 14.9. The molecule has 158 valence electrons. The van der Waals surface area contributed by atoms with Crippen molar-refractivity contribution in [1.29, 1.82) is 0 Å². The van der Waals surface area contributed by atoms with Gasteiger partial charge in [0.25, 0.3) is 0 Å². The minimum Gasteiger partial charge on any atom is -0.342 e. The Labute approximate surface area is 173 Å². The van der Waals surface area contributed by atoms with Gasteiger partial charge in [0.05, 0.1) is 11.0 Å². The molecule has 1 aromatic heterocycles.